The van der Waals surface area contributed by atoms with Crippen molar-refractivity contribution in [3.8, 4) is 5.75 Å². The van der Waals surface area contributed by atoms with Crippen LogP contribution >= 0.6 is 0 Å². The summed E-state index contributed by atoms with van der Waals surface area (Å²) in [5.74, 6) is 0.338. The van der Waals surface area contributed by atoms with Crippen LogP contribution in [0, 0.1) is 19.3 Å². The molecule has 0 saturated carbocycles. The molecule has 1 atom stereocenters. The quantitative estimate of drug-likeness (QED) is 0.204. The van der Waals surface area contributed by atoms with Crippen LogP contribution in [0.1, 0.15) is 39.4 Å². The monoisotopic (exact) mass is 492 g/mol. The lowest BCUT2D eigenvalue weighted by Crippen LogP contribution is -2.38. The number of amides is 1. The molecule has 4 rings (SSSR count). The minimum Gasteiger partial charge on any atom is -0.488 e. The Morgan fingerprint density at radius 2 is 1.38 bits per heavy atom. The van der Waals surface area contributed by atoms with Gasteiger partial charge in [-0.3, -0.25) is 10.2 Å². The van der Waals surface area contributed by atoms with Crippen molar-refractivity contribution in [1.82, 2.24) is 0 Å². The van der Waals surface area contributed by atoms with E-state index in [4.69, 9.17) is 21.6 Å². The van der Waals surface area contributed by atoms with Gasteiger partial charge in [-0.2, -0.15) is 0 Å². The number of nitrogen functional groups attached to an aromatic ring is 1. The summed E-state index contributed by atoms with van der Waals surface area (Å²) in [6.07, 6.45) is 0. The molecule has 1 amide bonds. The maximum absolute atomic E-state index is 13.0. The van der Waals surface area contributed by atoms with Crippen molar-refractivity contribution >= 4 is 17.4 Å². The number of carbonyl (C=O) groups is 1. The van der Waals surface area contributed by atoms with E-state index in [-0.39, 0.29) is 5.84 Å². The maximum Gasteiger partial charge on any atom is 0.244 e. The lowest BCUT2D eigenvalue weighted by Gasteiger charge is -2.33. The Bertz CT molecular complexity index is 1350. The second-order valence-corrected chi connectivity index (χ2v) is 9.14. The molecule has 4 aromatic rings. The molecule has 0 spiro atoms. The number of anilines is 1. The molecular formula is C31H32N4O2. The van der Waals surface area contributed by atoms with Gasteiger partial charge in [0.05, 0.1) is 0 Å². The molecule has 0 heterocycles. The first-order valence-corrected chi connectivity index (χ1v) is 12.2. The minimum absolute atomic E-state index is 0.00930. The van der Waals surface area contributed by atoms with Gasteiger partial charge >= 0.3 is 0 Å². The molecule has 1 unspecified atom stereocenters. The lowest BCUT2D eigenvalue weighted by atomic mass is 9.97. The summed E-state index contributed by atoms with van der Waals surface area (Å²) in [7, 11) is 0. The zero-order chi connectivity index (χ0) is 26.4. The first-order chi connectivity index (χ1) is 17.8. The topological polar surface area (TPSA) is 105 Å². The number of nitrogens with two attached hydrogens (primary N) is 2. The smallest absolute Gasteiger partial charge is 0.244 e. The molecule has 0 aromatic heterocycles. The number of carbonyl (C=O) groups excluding carboxylic acids is 1. The molecular weight excluding hydrogens is 460 g/mol. The van der Waals surface area contributed by atoms with Gasteiger partial charge in [-0.15, -0.1) is 0 Å². The largest absolute Gasteiger partial charge is 0.488 e. The molecule has 0 aliphatic carbocycles. The van der Waals surface area contributed by atoms with Crippen molar-refractivity contribution in [2.45, 2.75) is 33.0 Å². The van der Waals surface area contributed by atoms with Crippen molar-refractivity contribution in [1.29, 1.82) is 5.41 Å². The molecule has 6 nitrogen and oxygen atoms in total. The number of hydrogen-bond acceptors (Lipinski definition) is 4. The molecule has 6 heteroatoms. The van der Waals surface area contributed by atoms with Gasteiger partial charge in [-0.25, -0.2) is 0 Å². The first kappa shape index (κ1) is 25.5. The van der Waals surface area contributed by atoms with E-state index in [1.165, 1.54) is 0 Å². The number of amidine groups is 1. The van der Waals surface area contributed by atoms with Gasteiger partial charge in [0.15, 0.2) is 0 Å². The van der Waals surface area contributed by atoms with Gasteiger partial charge in [-0.05, 0) is 78.1 Å². The highest BCUT2D eigenvalue weighted by Gasteiger charge is 2.28. The lowest BCUT2D eigenvalue weighted by molar-refractivity contribution is -0.119. The fourth-order valence-electron chi connectivity index (χ4n) is 4.54. The Kier molecular flexibility index (Phi) is 7.89. The molecule has 5 N–H and O–H groups in total. The van der Waals surface area contributed by atoms with Crippen LogP contribution in [-0.2, 0) is 17.9 Å². The van der Waals surface area contributed by atoms with Gasteiger partial charge in [0, 0.05) is 17.8 Å². The van der Waals surface area contributed by atoms with Gasteiger partial charge in [0.2, 0.25) is 5.91 Å². The van der Waals surface area contributed by atoms with E-state index in [2.05, 4.69) is 0 Å². The fourth-order valence-corrected chi connectivity index (χ4v) is 4.54. The van der Waals surface area contributed by atoms with E-state index < -0.39 is 11.9 Å². The number of hydrogen-bond donors (Lipinski definition) is 3. The Balaban J connectivity index is 1.71. The molecule has 0 bridgehead atoms. The molecule has 0 radical (unpaired) electrons. The van der Waals surface area contributed by atoms with Crippen molar-refractivity contribution in [2.24, 2.45) is 11.5 Å². The van der Waals surface area contributed by atoms with E-state index in [0.29, 0.717) is 18.7 Å². The Hall–Kier alpha value is -4.58. The molecule has 188 valence electrons. The van der Waals surface area contributed by atoms with Gasteiger partial charge in [0.1, 0.15) is 24.2 Å². The number of nitrogens with one attached hydrogen (secondary N) is 1. The SMILES string of the molecule is Cc1cc(C(C(N)=O)N(Cc2ccccc2)c2ccc(C(=N)N)cc2)cc(C)c1OCc1ccccc1. The van der Waals surface area contributed by atoms with Crippen LogP contribution in [0.25, 0.3) is 0 Å². The van der Waals surface area contributed by atoms with Crippen molar-refractivity contribution < 1.29 is 9.53 Å². The highest BCUT2D eigenvalue weighted by molar-refractivity contribution is 5.95. The van der Waals surface area contributed by atoms with E-state index in [1.807, 2.05) is 104 Å². The normalized spacial score (nSPS) is 11.5. The highest BCUT2D eigenvalue weighted by Crippen LogP contribution is 2.34. The predicted molar refractivity (Wildman–Crippen MR) is 149 cm³/mol. The Morgan fingerprint density at radius 1 is 0.838 bits per heavy atom. The van der Waals surface area contributed by atoms with Crippen LogP contribution in [-0.4, -0.2) is 11.7 Å². The maximum atomic E-state index is 13.0. The molecule has 0 saturated heterocycles. The minimum atomic E-state index is -0.719. The molecule has 0 aliphatic heterocycles. The standard InChI is InChI=1S/C31H32N4O2/c1-21-17-26(18-22(2)29(21)37-20-24-11-7-4-8-12-24)28(31(34)36)35(19-23-9-5-3-6-10-23)27-15-13-25(14-16-27)30(32)33/h3-18,28H,19-20H2,1-2H3,(H3,32,33)(H2,34,36). The zero-order valence-corrected chi connectivity index (χ0v) is 21.1. The zero-order valence-electron chi connectivity index (χ0n) is 21.1. The number of rotatable bonds is 10. The molecule has 37 heavy (non-hydrogen) atoms. The highest BCUT2D eigenvalue weighted by atomic mass is 16.5. The second-order valence-electron chi connectivity index (χ2n) is 9.14. The molecule has 0 aliphatic rings. The van der Waals surface area contributed by atoms with Crippen LogP contribution in [0.2, 0.25) is 0 Å². The van der Waals surface area contributed by atoms with E-state index in [1.54, 1.807) is 12.1 Å². The number of primary amides is 1. The van der Waals surface area contributed by atoms with Crippen LogP contribution in [0.4, 0.5) is 5.69 Å². The third-order valence-electron chi connectivity index (χ3n) is 6.31. The average Bonchev–Trinajstić information content (AvgIpc) is 2.89. The third-order valence-corrected chi connectivity index (χ3v) is 6.31. The number of aryl methyl sites for hydroxylation is 2. The predicted octanol–water partition coefficient (Wildman–Crippen LogP) is 5.40. The molecule has 0 fully saturated rings. The van der Waals surface area contributed by atoms with Crippen LogP contribution < -0.4 is 21.1 Å². The Morgan fingerprint density at radius 3 is 1.89 bits per heavy atom. The van der Waals surface area contributed by atoms with Crippen LogP contribution in [0.15, 0.2) is 97.1 Å². The number of nitrogens with zero attached hydrogens (tertiary/aromatic N) is 1. The third kappa shape index (κ3) is 6.16. The van der Waals surface area contributed by atoms with Crippen molar-refractivity contribution in [2.75, 3.05) is 4.90 Å². The van der Waals surface area contributed by atoms with E-state index in [0.717, 1.165) is 39.3 Å². The summed E-state index contributed by atoms with van der Waals surface area (Å²) >= 11 is 0. The summed E-state index contributed by atoms with van der Waals surface area (Å²) in [5.41, 5.74) is 17.9. The summed E-state index contributed by atoms with van der Waals surface area (Å²) in [5, 5.41) is 7.71. The number of ether oxygens (including phenoxy) is 1. The fraction of sp³-hybridized carbons (Fsp3) is 0.161. The van der Waals surface area contributed by atoms with Gasteiger partial charge in [0.25, 0.3) is 0 Å². The van der Waals surface area contributed by atoms with Gasteiger partial charge < -0.3 is 21.1 Å². The summed E-state index contributed by atoms with van der Waals surface area (Å²) in [4.78, 5) is 15.0. The van der Waals surface area contributed by atoms with E-state index >= 15 is 0 Å². The second kappa shape index (κ2) is 11.4. The Labute approximate surface area is 218 Å². The average molecular weight is 493 g/mol. The van der Waals surface area contributed by atoms with E-state index in [9.17, 15) is 4.79 Å². The van der Waals surface area contributed by atoms with Gasteiger partial charge in [-0.1, -0.05) is 60.7 Å². The van der Waals surface area contributed by atoms with Crippen LogP contribution in [0.5, 0.6) is 5.75 Å². The summed E-state index contributed by atoms with van der Waals surface area (Å²) in [6.45, 7) is 4.90. The van der Waals surface area contributed by atoms with Crippen molar-refractivity contribution in [3.05, 3.63) is 130 Å². The summed E-state index contributed by atoms with van der Waals surface area (Å²) in [6, 6.07) is 30.5. The molecule has 4 aromatic carbocycles. The first-order valence-electron chi connectivity index (χ1n) is 12.2. The van der Waals surface area contributed by atoms with Crippen molar-refractivity contribution in [3.63, 3.8) is 0 Å². The number of benzene rings is 4. The van der Waals surface area contributed by atoms with Crippen LogP contribution in [0.3, 0.4) is 0 Å². The summed E-state index contributed by atoms with van der Waals surface area (Å²) < 4.78 is 6.16.